The second kappa shape index (κ2) is 9.43. The summed E-state index contributed by atoms with van der Waals surface area (Å²) in [7, 11) is 0. The zero-order valence-electron chi connectivity index (χ0n) is 24.3. The second-order valence-corrected chi connectivity index (χ2v) is 12.8. The summed E-state index contributed by atoms with van der Waals surface area (Å²) in [5.74, 6) is 0. The molecule has 0 saturated heterocycles. The Kier molecular flexibility index (Phi) is 5.19. The van der Waals surface area contributed by atoms with E-state index in [4.69, 9.17) is 0 Å². The van der Waals surface area contributed by atoms with Gasteiger partial charge < -0.3 is 9.13 Å². The molecular weight excluding hydrogens is 565 g/mol. The molecule has 210 valence electrons. The molecule has 2 nitrogen and oxygen atoms in total. The Balaban J connectivity index is 1.38. The lowest BCUT2D eigenvalue weighted by Crippen LogP contribution is -1.94. The summed E-state index contributed by atoms with van der Waals surface area (Å²) < 4.78 is 7.51. The third-order valence-electron chi connectivity index (χ3n) is 9.29. The molecule has 0 saturated carbocycles. The molecule has 0 radical (unpaired) electrons. The van der Waals surface area contributed by atoms with Crippen molar-refractivity contribution in [1.82, 2.24) is 9.13 Å². The molecule has 7 aromatic carbocycles. The van der Waals surface area contributed by atoms with Crippen molar-refractivity contribution in [1.29, 1.82) is 0 Å². The largest absolute Gasteiger partial charge is 0.309 e. The highest BCUT2D eigenvalue weighted by molar-refractivity contribution is 7.26. The normalized spacial score (nSPS) is 12.0. The third kappa shape index (κ3) is 3.50. The number of rotatable bonds is 3. The fourth-order valence-corrected chi connectivity index (χ4v) is 8.62. The van der Waals surface area contributed by atoms with Gasteiger partial charge in [-0.15, -0.1) is 11.3 Å². The molecule has 0 aliphatic heterocycles. The van der Waals surface area contributed by atoms with Crippen LogP contribution in [0.2, 0.25) is 0 Å². The van der Waals surface area contributed by atoms with Crippen LogP contribution in [0.25, 0.3) is 86.3 Å². The fourth-order valence-electron chi connectivity index (χ4n) is 7.40. The summed E-state index contributed by atoms with van der Waals surface area (Å²) in [5, 5.41) is 7.74. The van der Waals surface area contributed by atoms with Crippen LogP contribution in [-0.4, -0.2) is 9.13 Å². The minimum atomic E-state index is 1.18. The molecule has 10 rings (SSSR count). The first-order valence-corrected chi connectivity index (χ1v) is 16.2. The standard InChI is InChI=1S/C42H26N2S/c1-3-13-28(14-4-1)43-36-20-10-7-17-30(36)34-25-27(23-24-38(34)43)33-26-35-31-18-9-12-22-39(31)45-42(35)41-40(33)32-19-8-11-21-37(32)44(41)29-15-5-2-6-16-29/h1-26H. The van der Waals surface area contributed by atoms with E-state index < -0.39 is 0 Å². The molecule has 0 bridgehead atoms. The average Bonchev–Trinajstić information content (AvgIpc) is 3.76. The summed E-state index contributed by atoms with van der Waals surface area (Å²) in [6.45, 7) is 0. The summed E-state index contributed by atoms with van der Waals surface area (Å²) >= 11 is 1.90. The Hall–Kier alpha value is -5.64. The van der Waals surface area contributed by atoms with E-state index in [1.165, 1.54) is 86.3 Å². The van der Waals surface area contributed by atoms with Gasteiger partial charge in [0, 0.05) is 48.4 Å². The van der Waals surface area contributed by atoms with E-state index in [0.29, 0.717) is 0 Å². The maximum absolute atomic E-state index is 2.48. The molecule has 0 fully saturated rings. The number of hydrogen-bond acceptors (Lipinski definition) is 1. The van der Waals surface area contributed by atoms with Gasteiger partial charge in [-0.3, -0.25) is 0 Å². The fraction of sp³-hybridized carbons (Fsp3) is 0. The van der Waals surface area contributed by atoms with Crippen LogP contribution >= 0.6 is 11.3 Å². The Morgan fingerprint density at radius 1 is 0.400 bits per heavy atom. The highest BCUT2D eigenvalue weighted by Gasteiger charge is 2.22. The van der Waals surface area contributed by atoms with Crippen molar-refractivity contribution in [2.24, 2.45) is 0 Å². The van der Waals surface area contributed by atoms with Crippen LogP contribution < -0.4 is 0 Å². The molecule has 3 heteroatoms. The summed E-state index contributed by atoms with van der Waals surface area (Å²) in [5.41, 5.74) is 9.81. The zero-order valence-corrected chi connectivity index (χ0v) is 25.1. The lowest BCUT2D eigenvalue weighted by Gasteiger charge is -2.11. The number of para-hydroxylation sites is 4. The van der Waals surface area contributed by atoms with E-state index in [-0.39, 0.29) is 0 Å². The molecule has 0 N–H and O–H groups in total. The van der Waals surface area contributed by atoms with Gasteiger partial charge in [-0.1, -0.05) is 97.1 Å². The summed E-state index contributed by atoms with van der Waals surface area (Å²) in [6.07, 6.45) is 0. The average molecular weight is 591 g/mol. The van der Waals surface area contributed by atoms with E-state index in [2.05, 4.69) is 167 Å². The Morgan fingerprint density at radius 3 is 1.73 bits per heavy atom. The number of aromatic nitrogens is 2. The number of benzene rings is 7. The van der Waals surface area contributed by atoms with Gasteiger partial charge in [-0.05, 0) is 71.8 Å². The minimum absolute atomic E-state index is 1.18. The number of thiophene rings is 1. The number of fused-ring (bicyclic) bond motifs is 10. The van der Waals surface area contributed by atoms with Crippen LogP contribution in [0.1, 0.15) is 0 Å². The molecule has 45 heavy (non-hydrogen) atoms. The molecule has 3 aromatic heterocycles. The van der Waals surface area contributed by atoms with Gasteiger partial charge >= 0.3 is 0 Å². The van der Waals surface area contributed by atoms with Crippen LogP contribution in [-0.2, 0) is 0 Å². The highest BCUT2D eigenvalue weighted by atomic mass is 32.1. The number of nitrogens with zero attached hydrogens (tertiary/aromatic N) is 2. The van der Waals surface area contributed by atoms with Crippen molar-refractivity contribution < 1.29 is 0 Å². The molecule has 0 spiro atoms. The molecule has 3 heterocycles. The van der Waals surface area contributed by atoms with Gasteiger partial charge in [0.1, 0.15) is 0 Å². The summed E-state index contributed by atoms with van der Waals surface area (Å²) in [6, 6.07) is 57.5. The van der Waals surface area contributed by atoms with Gasteiger partial charge in [0.25, 0.3) is 0 Å². The molecule has 0 aliphatic rings. The predicted molar refractivity (Wildman–Crippen MR) is 193 cm³/mol. The molecule has 0 amide bonds. The quantitative estimate of drug-likeness (QED) is 0.194. The summed E-state index contributed by atoms with van der Waals surface area (Å²) in [4.78, 5) is 0. The van der Waals surface area contributed by atoms with Crippen LogP contribution in [0.15, 0.2) is 158 Å². The first-order chi connectivity index (χ1) is 22.3. The van der Waals surface area contributed by atoms with E-state index in [1.54, 1.807) is 0 Å². The van der Waals surface area contributed by atoms with Crippen molar-refractivity contribution >= 4 is 75.1 Å². The molecule has 10 aromatic rings. The molecule has 0 aliphatic carbocycles. The number of hydrogen-bond donors (Lipinski definition) is 0. The zero-order chi connectivity index (χ0) is 29.5. The first kappa shape index (κ1) is 24.8. The van der Waals surface area contributed by atoms with Gasteiger partial charge in [0.2, 0.25) is 0 Å². The monoisotopic (exact) mass is 590 g/mol. The van der Waals surface area contributed by atoms with Gasteiger partial charge in [-0.2, -0.15) is 0 Å². The van der Waals surface area contributed by atoms with E-state index in [9.17, 15) is 0 Å². The lowest BCUT2D eigenvalue weighted by molar-refractivity contribution is 1.18. The molecular formula is C42H26N2S. The topological polar surface area (TPSA) is 9.86 Å². The van der Waals surface area contributed by atoms with E-state index in [1.807, 2.05) is 11.3 Å². The Labute approximate surface area is 263 Å². The maximum Gasteiger partial charge on any atom is 0.0726 e. The van der Waals surface area contributed by atoms with Crippen molar-refractivity contribution in [3.05, 3.63) is 158 Å². The first-order valence-electron chi connectivity index (χ1n) is 15.4. The third-order valence-corrected chi connectivity index (χ3v) is 10.5. The highest BCUT2D eigenvalue weighted by Crippen LogP contribution is 2.48. The predicted octanol–water partition coefficient (Wildman–Crippen LogP) is 11.9. The molecule has 0 atom stereocenters. The van der Waals surface area contributed by atoms with Gasteiger partial charge in [0.15, 0.2) is 0 Å². The smallest absolute Gasteiger partial charge is 0.0726 e. The van der Waals surface area contributed by atoms with E-state index >= 15 is 0 Å². The van der Waals surface area contributed by atoms with Crippen LogP contribution in [0, 0.1) is 0 Å². The van der Waals surface area contributed by atoms with Crippen molar-refractivity contribution in [3.8, 4) is 22.5 Å². The molecule has 0 unspecified atom stereocenters. The van der Waals surface area contributed by atoms with Crippen molar-refractivity contribution in [3.63, 3.8) is 0 Å². The maximum atomic E-state index is 2.48. The van der Waals surface area contributed by atoms with Crippen LogP contribution in [0.3, 0.4) is 0 Å². The van der Waals surface area contributed by atoms with Gasteiger partial charge in [0.05, 0.1) is 26.8 Å². The Morgan fingerprint density at radius 2 is 0.978 bits per heavy atom. The van der Waals surface area contributed by atoms with Gasteiger partial charge in [-0.25, -0.2) is 0 Å². The second-order valence-electron chi connectivity index (χ2n) is 11.7. The minimum Gasteiger partial charge on any atom is -0.309 e. The van der Waals surface area contributed by atoms with Crippen molar-refractivity contribution in [2.45, 2.75) is 0 Å². The van der Waals surface area contributed by atoms with Crippen molar-refractivity contribution in [2.75, 3.05) is 0 Å². The van der Waals surface area contributed by atoms with Crippen LogP contribution in [0.5, 0.6) is 0 Å². The SMILES string of the molecule is c1ccc(-n2c3ccccc3c3cc(-c4cc5c6ccccc6sc5c5c4c4ccccc4n5-c4ccccc4)ccc32)cc1. The van der Waals surface area contributed by atoms with Crippen LogP contribution in [0.4, 0.5) is 0 Å². The lowest BCUT2D eigenvalue weighted by atomic mass is 9.95. The Bertz CT molecular complexity index is 2740. The van der Waals surface area contributed by atoms with E-state index in [0.717, 1.165) is 0 Å².